The molecule has 0 unspecified atom stereocenters. The molecule has 1 saturated heterocycles. The topological polar surface area (TPSA) is 67.6 Å². The van der Waals surface area contributed by atoms with Crippen LogP contribution in [0.4, 0.5) is 4.79 Å². The van der Waals surface area contributed by atoms with Gasteiger partial charge in [0.1, 0.15) is 0 Å². The van der Waals surface area contributed by atoms with Gasteiger partial charge in [-0.05, 0) is 38.4 Å². The van der Waals surface area contributed by atoms with Gasteiger partial charge in [0.05, 0.1) is 12.9 Å². The Morgan fingerprint density at radius 1 is 1.61 bits per heavy atom. The predicted molar refractivity (Wildman–Crippen MR) is 88.3 cm³/mol. The van der Waals surface area contributed by atoms with Gasteiger partial charge >= 0.3 is 6.09 Å². The summed E-state index contributed by atoms with van der Waals surface area (Å²) in [5.41, 5.74) is 0. The molecule has 124 valence electrons. The monoisotopic (exact) mass is 335 g/mol. The van der Waals surface area contributed by atoms with Crippen molar-refractivity contribution in [1.82, 2.24) is 15.2 Å². The van der Waals surface area contributed by atoms with Gasteiger partial charge in [-0.25, -0.2) is 9.78 Å². The smallest absolute Gasteiger partial charge is 0.407 e. The third kappa shape index (κ3) is 4.33. The van der Waals surface area contributed by atoms with Crippen molar-refractivity contribution in [3.8, 4) is 10.8 Å². The molecule has 1 fully saturated rings. The quantitative estimate of drug-likeness (QED) is 0.909. The van der Waals surface area contributed by atoms with Crippen molar-refractivity contribution in [3.63, 3.8) is 0 Å². The Morgan fingerprint density at radius 2 is 2.52 bits per heavy atom. The van der Waals surface area contributed by atoms with Gasteiger partial charge < -0.3 is 14.5 Å². The van der Waals surface area contributed by atoms with Crippen molar-refractivity contribution < 1.29 is 13.9 Å². The molecule has 2 aromatic rings. The molecule has 1 N–H and O–H groups in total. The fraction of sp³-hybridized carbons (Fsp3) is 0.500. The lowest BCUT2D eigenvalue weighted by atomic mass is 10.1. The lowest BCUT2D eigenvalue weighted by Gasteiger charge is -2.32. The van der Waals surface area contributed by atoms with E-state index in [1.54, 1.807) is 17.6 Å². The summed E-state index contributed by atoms with van der Waals surface area (Å²) in [5.74, 6) is 0.807. The molecule has 7 heteroatoms. The van der Waals surface area contributed by atoms with Crippen LogP contribution in [0.15, 0.2) is 29.0 Å². The van der Waals surface area contributed by atoms with E-state index >= 15 is 0 Å². The molecular formula is C16H21N3O3S. The maximum Gasteiger partial charge on any atom is 0.407 e. The summed E-state index contributed by atoms with van der Waals surface area (Å²) in [5, 5.41) is 3.84. The number of alkyl carbamates (subject to hydrolysis) is 1. The number of furan rings is 1. The number of piperidine rings is 1. The van der Waals surface area contributed by atoms with E-state index in [9.17, 15) is 4.79 Å². The van der Waals surface area contributed by atoms with Gasteiger partial charge in [-0.2, -0.15) is 0 Å². The molecule has 2 aromatic heterocycles. The maximum absolute atomic E-state index is 11.5. The van der Waals surface area contributed by atoms with E-state index in [0.717, 1.165) is 43.2 Å². The Morgan fingerprint density at radius 3 is 3.30 bits per heavy atom. The molecule has 6 nitrogen and oxygen atoms in total. The number of thiazole rings is 1. The van der Waals surface area contributed by atoms with Crippen LogP contribution in [0.25, 0.3) is 10.8 Å². The number of aromatic nitrogens is 1. The van der Waals surface area contributed by atoms with E-state index in [-0.39, 0.29) is 12.1 Å². The first kappa shape index (κ1) is 16.0. The molecule has 0 aliphatic carbocycles. The standard InChI is InChI=1S/C16H21N3O3S/c1-2-21-16(20)18-12-5-3-7-19(10-12)11-13-9-17-15(23-13)14-6-4-8-22-14/h4,6,8-9,12H,2-3,5,7,10-11H2,1H3,(H,18,20)/t12-/m1/s1. The van der Waals surface area contributed by atoms with E-state index in [0.29, 0.717) is 6.61 Å². The minimum Gasteiger partial charge on any atom is -0.462 e. The van der Waals surface area contributed by atoms with Crippen molar-refractivity contribution in [1.29, 1.82) is 0 Å². The number of likely N-dealkylation sites (tertiary alicyclic amines) is 1. The number of amides is 1. The number of nitrogens with zero attached hydrogens (tertiary/aromatic N) is 2. The molecule has 3 rings (SSSR count). The zero-order valence-electron chi connectivity index (χ0n) is 13.2. The highest BCUT2D eigenvalue weighted by Gasteiger charge is 2.22. The summed E-state index contributed by atoms with van der Waals surface area (Å²) in [6, 6.07) is 3.94. The van der Waals surface area contributed by atoms with Crippen LogP contribution in [0.5, 0.6) is 0 Å². The molecule has 0 saturated carbocycles. The Balaban J connectivity index is 1.54. The SMILES string of the molecule is CCOC(=O)N[C@@H]1CCCN(Cc2cnc(-c3ccco3)s2)C1. The third-order valence-electron chi connectivity index (χ3n) is 3.77. The van der Waals surface area contributed by atoms with Crippen LogP contribution >= 0.6 is 11.3 Å². The van der Waals surface area contributed by atoms with Gasteiger partial charge in [-0.1, -0.05) is 0 Å². The molecule has 0 bridgehead atoms. The summed E-state index contributed by atoms with van der Waals surface area (Å²) in [6.45, 7) is 4.94. The van der Waals surface area contributed by atoms with E-state index in [1.165, 1.54) is 4.88 Å². The molecule has 0 aromatic carbocycles. The second-order valence-electron chi connectivity index (χ2n) is 5.55. The zero-order chi connectivity index (χ0) is 16.1. The molecule has 3 heterocycles. The minimum absolute atomic E-state index is 0.153. The van der Waals surface area contributed by atoms with E-state index in [2.05, 4.69) is 15.2 Å². The Hall–Kier alpha value is -1.86. The lowest BCUT2D eigenvalue weighted by Crippen LogP contribution is -2.47. The molecule has 1 aliphatic heterocycles. The minimum atomic E-state index is -0.322. The Bertz CT molecular complexity index is 626. The van der Waals surface area contributed by atoms with Crippen LogP contribution in [-0.4, -0.2) is 41.7 Å². The normalized spacial score (nSPS) is 18.7. The largest absolute Gasteiger partial charge is 0.462 e. The summed E-state index contributed by atoms with van der Waals surface area (Å²) in [7, 11) is 0. The first-order valence-corrected chi connectivity index (χ1v) is 8.70. The second kappa shape index (κ2) is 7.61. The summed E-state index contributed by atoms with van der Waals surface area (Å²) in [6.07, 6.45) is 5.31. The van der Waals surface area contributed by atoms with E-state index in [1.807, 2.05) is 25.3 Å². The summed E-state index contributed by atoms with van der Waals surface area (Å²) >= 11 is 1.65. The fourth-order valence-corrected chi connectivity index (χ4v) is 3.69. The molecule has 23 heavy (non-hydrogen) atoms. The number of carbonyl (C=O) groups excluding carboxylic acids is 1. The van der Waals surface area contributed by atoms with Gasteiger partial charge in [-0.15, -0.1) is 11.3 Å². The van der Waals surface area contributed by atoms with Crippen molar-refractivity contribution in [3.05, 3.63) is 29.5 Å². The van der Waals surface area contributed by atoms with Crippen molar-refractivity contribution in [2.45, 2.75) is 32.4 Å². The summed E-state index contributed by atoms with van der Waals surface area (Å²) in [4.78, 5) is 19.5. The van der Waals surface area contributed by atoms with Crippen LogP contribution in [0.3, 0.4) is 0 Å². The van der Waals surface area contributed by atoms with Crippen LogP contribution in [0.1, 0.15) is 24.6 Å². The molecule has 0 radical (unpaired) electrons. The predicted octanol–water partition coefficient (Wildman–Crippen LogP) is 3.11. The number of carbonyl (C=O) groups is 1. The Kier molecular flexibility index (Phi) is 5.30. The van der Waals surface area contributed by atoms with E-state index in [4.69, 9.17) is 9.15 Å². The summed E-state index contributed by atoms with van der Waals surface area (Å²) < 4.78 is 10.3. The maximum atomic E-state index is 11.5. The second-order valence-corrected chi connectivity index (χ2v) is 6.66. The highest BCUT2D eigenvalue weighted by molar-refractivity contribution is 7.14. The van der Waals surface area contributed by atoms with E-state index < -0.39 is 0 Å². The van der Waals surface area contributed by atoms with Crippen molar-refractivity contribution >= 4 is 17.4 Å². The fourth-order valence-electron chi connectivity index (χ4n) is 2.77. The van der Waals surface area contributed by atoms with Gasteiger partial charge in [0, 0.05) is 30.2 Å². The van der Waals surface area contributed by atoms with Gasteiger partial charge in [0.15, 0.2) is 10.8 Å². The Labute approximate surface area is 139 Å². The van der Waals surface area contributed by atoms with Gasteiger partial charge in [0.25, 0.3) is 0 Å². The average molecular weight is 335 g/mol. The van der Waals surface area contributed by atoms with Crippen LogP contribution in [0.2, 0.25) is 0 Å². The highest BCUT2D eigenvalue weighted by Crippen LogP contribution is 2.26. The molecule has 1 amide bonds. The van der Waals surface area contributed by atoms with Crippen LogP contribution < -0.4 is 5.32 Å². The number of ether oxygens (including phenoxy) is 1. The molecule has 1 aliphatic rings. The van der Waals surface area contributed by atoms with Crippen LogP contribution in [0, 0.1) is 0 Å². The highest BCUT2D eigenvalue weighted by atomic mass is 32.1. The van der Waals surface area contributed by atoms with Crippen LogP contribution in [-0.2, 0) is 11.3 Å². The molecule has 0 spiro atoms. The number of hydrogen-bond acceptors (Lipinski definition) is 6. The zero-order valence-corrected chi connectivity index (χ0v) is 14.0. The first-order chi connectivity index (χ1) is 11.2. The number of rotatable bonds is 5. The van der Waals surface area contributed by atoms with Gasteiger partial charge in [0.2, 0.25) is 0 Å². The third-order valence-corrected chi connectivity index (χ3v) is 4.76. The number of nitrogens with one attached hydrogen (secondary N) is 1. The lowest BCUT2D eigenvalue weighted by molar-refractivity contribution is 0.133. The first-order valence-electron chi connectivity index (χ1n) is 7.89. The van der Waals surface area contributed by atoms with Crippen molar-refractivity contribution in [2.24, 2.45) is 0 Å². The number of hydrogen-bond donors (Lipinski definition) is 1. The van der Waals surface area contributed by atoms with Crippen molar-refractivity contribution in [2.75, 3.05) is 19.7 Å². The molecule has 1 atom stereocenters. The molecular weight excluding hydrogens is 314 g/mol. The average Bonchev–Trinajstić information content (AvgIpc) is 3.18. The van der Waals surface area contributed by atoms with Gasteiger partial charge in [-0.3, -0.25) is 4.90 Å².